The maximum atomic E-state index is 13.6. The zero-order valence-corrected chi connectivity index (χ0v) is 20.2. The van der Waals surface area contributed by atoms with Crippen LogP contribution in [0.1, 0.15) is 65.2 Å². The first-order valence-corrected chi connectivity index (χ1v) is 12.4. The summed E-state index contributed by atoms with van der Waals surface area (Å²) in [6, 6.07) is 19.5. The minimum atomic E-state index is -0.0133. The highest BCUT2D eigenvalue weighted by Crippen LogP contribution is 2.33. The molecule has 180 valence electrons. The first kappa shape index (κ1) is 23.1. The molecule has 1 aromatic heterocycles. The largest absolute Gasteiger partial charge is 0.439 e. The number of piperidine rings is 1. The highest BCUT2D eigenvalue weighted by Gasteiger charge is 2.29. The molecule has 2 aliphatic heterocycles. The average molecular weight is 470 g/mol. The molecule has 0 spiro atoms. The van der Waals surface area contributed by atoms with Crippen LogP contribution in [0.3, 0.4) is 0 Å². The fourth-order valence-electron chi connectivity index (χ4n) is 5.03. The van der Waals surface area contributed by atoms with Crippen LogP contribution >= 0.6 is 0 Å². The summed E-state index contributed by atoms with van der Waals surface area (Å²) in [5.74, 6) is 1.52. The molecule has 2 saturated heterocycles. The van der Waals surface area contributed by atoms with E-state index >= 15 is 0 Å². The maximum Gasteiger partial charge on any atom is 0.254 e. The van der Waals surface area contributed by atoms with Gasteiger partial charge in [0.25, 0.3) is 5.91 Å². The van der Waals surface area contributed by atoms with Crippen LogP contribution in [0.25, 0.3) is 0 Å². The average Bonchev–Trinajstić information content (AvgIpc) is 3.28. The fraction of sp³-hybridized carbons (Fsp3) is 0.345. The third-order valence-corrected chi connectivity index (χ3v) is 6.84. The van der Waals surface area contributed by atoms with Gasteiger partial charge in [-0.3, -0.25) is 9.59 Å². The lowest BCUT2D eigenvalue weighted by Crippen LogP contribution is -2.38. The van der Waals surface area contributed by atoms with Gasteiger partial charge in [-0.2, -0.15) is 0 Å². The molecule has 35 heavy (non-hydrogen) atoms. The molecule has 0 N–H and O–H groups in total. The Morgan fingerprint density at radius 3 is 2.69 bits per heavy atom. The third-order valence-electron chi connectivity index (χ3n) is 6.84. The number of pyridine rings is 1. The quantitative estimate of drug-likeness (QED) is 0.467. The van der Waals surface area contributed by atoms with Gasteiger partial charge in [-0.25, -0.2) is 4.98 Å². The molecule has 2 aliphatic rings. The number of ether oxygens (including phenoxy) is 1. The Labute approximate surface area is 206 Å². The van der Waals surface area contributed by atoms with E-state index in [4.69, 9.17) is 4.74 Å². The number of nitrogens with zero attached hydrogens (tertiary/aromatic N) is 3. The van der Waals surface area contributed by atoms with Crippen LogP contribution in [0.5, 0.6) is 11.6 Å². The van der Waals surface area contributed by atoms with Crippen molar-refractivity contribution in [2.24, 2.45) is 0 Å². The number of rotatable bonds is 6. The molecule has 1 atom stereocenters. The van der Waals surface area contributed by atoms with Gasteiger partial charge in [0.1, 0.15) is 5.75 Å². The smallest absolute Gasteiger partial charge is 0.254 e. The van der Waals surface area contributed by atoms with Crippen LogP contribution < -0.4 is 4.74 Å². The van der Waals surface area contributed by atoms with Crippen LogP contribution in [0.15, 0.2) is 66.9 Å². The Hall–Kier alpha value is -3.67. The van der Waals surface area contributed by atoms with Crippen molar-refractivity contribution in [1.29, 1.82) is 0 Å². The van der Waals surface area contributed by atoms with E-state index in [1.54, 1.807) is 0 Å². The van der Waals surface area contributed by atoms with Crippen molar-refractivity contribution in [3.63, 3.8) is 0 Å². The number of carbonyl (C=O) groups excluding carboxylic acids is 2. The normalized spacial score (nSPS) is 18.1. The minimum Gasteiger partial charge on any atom is -0.439 e. The highest BCUT2D eigenvalue weighted by atomic mass is 16.5. The summed E-state index contributed by atoms with van der Waals surface area (Å²) in [6.07, 6.45) is 6.34. The number of amides is 2. The summed E-state index contributed by atoms with van der Waals surface area (Å²) < 4.78 is 5.90. The minimum absolute atomic E-state index is 0.0133. The molecular formula is C29H31N3O3. The summed E-state index contributed by atoms with van der Waals surface area (Å²) in [5, 5.41) is 0. The van der Waals surface area contributed by atoms with Gasteiger partial charge in [0, 0.05) is 43.9 Å². The van der Waals surface area contributed by atoms with Gasteiger partial charge in [-0.15, -0.1) is 0 Å². The number of benzene rings is 2. The summed E-state index contributed by atoms with van der Waals surface area (Å²) >= 11 is 0. The van der Waals surface area contributed by atoms with E-state index in [9.17, 15) is 9.59 Å². The van der Waals surface area contributed by atoms with E-state index in [-0.39, 0.29) is 17.9 Å². The van der Waals surface area contributed by atoms with Crippen molar-refractivity contribution in [2.75, 3.05) is 13.1 Å². The van der Waals surface area contributed by atoms with E-state index in [0.717, 1.165) is 61.2 Å². The molecule has 2 aromatic carbocycles. The Morgan fingerprint density at radius 1 is 1.03 bits per heavy atom. The molecule has 0 saturated carbocycles. The summed E-state index contributed by atoms with van der Waals surface area (Å²) in [6.45, 7) is 4.11. The van der Waals surface area contributed by atoms with Crippen molar-refractivity contribution < 1.29 is 14.3 Å². The molecule has 0 bridgehead atoms. The zero-order valence-electron chi connectivity index (χ0n) is 20.2. The van der Waals surface area contributed by atoms with E-state index in [0.29, 0.717) is 24.4 Å². The second kappa shape index (κ2) is 10.3. The molecule has 0 unspecified atom stereocenters. The van der Waals surface area contributed by atoms with Gasteiger partial charge < -0.3 is 14.5 Å². The second-order valence-electron chi connectivity index (χ2n) is 9.48. The molecule has 3 heterocycles. The predicted octanol–water partition coefficient (Wildman–Crippen LogP) is 5.67. The summed E-state index contributed by atoms with van der Waals surface area (Å²) in [5.41, 5.74) is 3.83. The number of carbonyl (C=O) groups is 2. The monoisotopic (exact) mass is 469 g/mol. The Bertz CT molecular complexity index is 1210. The maximum absolute atomic E-state index is 13.6. The number of hydrogen-bond donors (Lipinski definition) is 0. The Balaban J connectivity index is 1.31. The van der Waals surface area contributed by atoms with Crippen LogP contribution in [0, 0.1) is 6.92 Å². The molecule has 2 fully saturated rings. The van der Waals surface area contributed by atoms with Crippen molar-refractivity contribution >= 4 is 11.8 Å². The van der Waals surface area contributed by atoms with Crippen LogP contribution in [0.4, 0.5) is 0 Å². The topological polar surface area (TPSA) is 62.7 Å². The van der Waals surface area contributed by atoms with E-state index in [1.807, 2.05) is 83.6 Å². The Kier molecular flexibility index (Phi) is 6.80. The standard InChI is InChI=1S/C29H31N3O3/c1-21-7-4-10-25(17-21)35-27-14-13-24(19-30-27)26-11-2-3-16-32(26)29(34)23-9-5-8-22(18-23)20-31-15-6-12-28(31)33/h4-5,7-10,13-14,17-19,26H,2-3,6,11-12,15-16,20H2,1H3/t26-/m1/s1. The van der Waals surface area contributed by atoms with Crippen molar-refractivity contribution in [3.05, 3.63) is 89.1 Å². The first-order valence-electron chi connectivity index (χ1n) is 12.4. The summed E-state index contributed by atoms with van der Waals surface area (Å²) in [4.78, 5) is 34.0. The molecule has 0 aliphatic carbocycles. The molecule has 0 radical (unpaired) electrons. The van der Waals surface area contributed by atoms with Crippen molar-refractivity contribution in [2.45, 2.75) is 51.6 Å². The molecule has 5 rings (SSSR count). The molecule has 2 amide bonds. The Morgan fingerprint density at radius 2 is 1.91 bits per heavy atom. The third kappa shape index (κ3) is 5.37. The summed E-state index contributed by atoms with van der Waals surface area (Å²) in [7, 11) is 0. The number of likely N-dealkylation sites (tertiary alicyclic amines) is 2. The van der Waals surface area contributed by atoms with Crippen molar-refractivity contribution in [1.82, 2.24) is 14.8 Å². The van der Waals surface area contributed by atoms with Crippen LogP contribution in [-0.4, -0.2) is 39.7 Å². The second-order valence-corrected chi connectivity index (χ2v) is 9.48. The van der Waals surface area contributed by atoms with Gasteiger partial charge in [0.2, 0.25) is 11.8 Å². The van der Waals surface area contributed by atoms with Crippen LogP contribution in [-0.2, 0) is 11.3 Å². The fourth-order valence-corrected chi connectivity index (χ4v) is 5.03. The van der Waals surface area contributed by atoms with Gasteiger partial charge in [-0.1, -0.05) is 30.3 Å². The van der Waals surface area contributed by atoms with Gasteiger partial charge in [0.15, 0.2) is 0 Å². The molecule has 6 nitrogen and oxygen atoms in total. The van der Waals surface area contributed by atoms with Gasteiger partial charge in [-0.05, 0) is 73.6 Å². The van der Waals surface area contributed by atoms with Gasteiger partial charge in [0.05, 0.1) is 6.04 Å². The lowest BCUT2D eigenvalue weighted by atomic mass is 9.95. The van der Waals surface area contributed by atoms with Crippen molar-refractivity contribution in [3.8, 4) is 11.6 Å². The van der Waals surface area contributed by atoms with E-state index < -0.39 is 0 Å². The number of hydrogen-bond acceptors (Lipinski definition) is 4. The first-order chi connectivity index (χ1) is 17.1. The molecule has 3 aromatic rings. The van der Waals surface area contributed by atoms with Crippen LogP contribution in [0.2, 0.25) is 0 Å². The highest BCUT2D eigenvalue weighted by molar-refractivity contribution is 5.94. The van der Waals surface area contributed by atoms with E-state index in [1.165, 1.54) is 0 Å². The van der Waals surface area contributed by atoms with E-state index in [2.05, 4.69) is 4.98 Å². The van der Waals surface area contributed by atoms with Gasteiger partial charge >= 0.3 is 0 Å². The lowest BCUT2D eigenvalue weighted by Gasteiger charge is -2.36. The number of aryl methyl sites for hydroxylation is 1. The zero-order chi connectivity index (χ0) is 24.2. The lowest BCUT2D eigenvalue weighted by molar-refractivity contribution is -0.128. The molecule has 6 heteroatoms. The predicted molar refractivity (Wildman–Crippen MR) is 134 cm³/mol. The number of aromatic nitrogens is 1. The SMILES string of the molecule is Cc1cccc(Oc2ccc([C@H]3CCCCN3C(=O)c3cccc(CN4CCCC4=O)c3)cn2)c1. The molecular weight excluding hydrogens is 438 g/mol.